The molecule has 372 valence electrons. The van der Waals surface area contributed by atoms with Crippen LogP contribution < -0.4 is 14.2 Å². The number of hydrogen-bond donors (Lipinski definition) is 1. The molecule has 0 spiro atoms. The van der Waals surface area contributed by atoms with Crippen molar-refractivity contribution < 1.29 is 19.3 Å². The van der Waals surface area contributed by atoms with Crippen molar-refractivity contribution in [3.05, 3.63) is 118 Å². The van der Waals surface area contributed by atoms with Crippen LogP contribution in [0.15, 0.2) is 84.9 Å². The van der Waals surface area contributed by atoms with Crippen LogP contribution >= 0.6 is 0 Å². The maximum absolute atomic E-state index is 13.3. The van der Waals surface area contributed by atoms with E-state index in [0.29, 0.717) is 5.75 Å². The lowest BCUT2D eigenvalue weighted by Crippen LogP contribution is -2.45. The van der Waals surface area contributed by atoms with E-state index in [1.807, 2.05) is 6.07 Å². The van der Waals surface area contributed by atoms with Gasteiger partial charge < -0.3 is 19.3 Å². The van der Waals surface area contributed by atoms with Crippen molar-refractivity contribution in [2.45, 2.75) is 252 Å². The molecular formula is C63H96O4. The van der Waals surface area contributed by atoms with Gasteiger partial charge in [-0.1, -0.05) is 181 Å². The highest BCUT2D eigenvalue weighted by atomic mass is 16.5. The maximum atomic E-state index is 13.3. The number of rotatable bonds is 36. The molecule has 0 amide bonds. The number of hydrogen-bond acceptors (Lipinski definition) is 4. The summed E-state index contributed by atoms with van der Waals surface area (Å²) in [5.74, 6) is 3.23. The third-order valence-corrected chi connectivity index (χ3v) is 14.4. The van der Waals surface area contributed by atoms with Crippen LogP contribution in [0.25, 0.3) is 0 Å². The summed E-state index contributed by atoms with van der Waals surface area (Å²) in [6, 6.07) is 30.8. The highest BCUT2D eigenvalue weighted by Crippen LogP contribution is 2.55. The normalized spacial score (nSPS) is 12.1. The van der Waals surface area contributed by atoms with Gasteiger partial charge in [-0.2, -0.15) is 0 Å². The van der Waals surface area contributed by atoms with Gasteiger partial charge in [0.15, 0.2) is 0 Å². The van der Waals surface area contributed by atoms with Gasteiger partial charge in [-0.15, -0.1) is 0 Å². The van der Waals surface area contributed by atoms with Crippen molar-refractivity contribution in [1.29, 1.82) is 0 Å². The third kappa shape index (κ3) is 15.3. The van der Waals surface area contributed by atoms with Crippen LogP contribution in [0.4, 0.5) is 0 Å². The summed E-state index contributed by atoms with van der Waals surface area (Å²) < 4.78 is 24.0. The zero-order valence-corrected chi connectivity index (χ0v) is 44.3. The van der Waals surface area contributed by atoms with Gasteiger partial charge in [0.2, 0.25) is 0 Å². The summed E-state index contributed by atoms with van der Waals surface area (Å²) in [5, 5.41) is 13.3. The molecule has 4 rings (SSSR count). The molecule has 0 aromatic heterocycles. The van der Waals surface area contributed by atoms with Crippen LogP contribution in [0.2, 0.25) is 0 Å². The van der Waals surface area contributed by atoms with Crippen LogP contribution in [0.1, 0.15) is 250 Å². The summed E-state index contributed by atoms with van der Waals surface area (Å²) >= 11 is 0. The smallest absolute Gasteiger partial charge is 0.138 e. The molecule has 67 heavy (non-hydrogen) atoms. The molecule has 4 aromatic carbocycles. The molecular weight excluding hydrogens is 821 g/mol. The lowest BCUT2D eigenvalue weighted by Gasteiger charge is -2.47. The fourth-order valence-electron chi connectivity index (χ4n) is 10.5. The quantitative estimate of drug-likeness (QED) is 0.0494. The van der Waals surface area contributed by atoms with Gasteiger partial charge in [-0.05, 0) is 157 Å². The monoisotopic (exact) mass is 917 g/mol. The van der Waals surface area contributed by atoms with Gasteiger partial charge in [0.05, 0.1) is 0 Å². The number of aromatic hydroxyl groups is 1. The first-order valence-electron chi connectivity index (χ1n) is 27.9. The zero-order valence-electron chi connectivity index (χ0n) is 44.3. The zero-order chi connectivity index (χ0) is 48.4. The number of phenols is 1. The van der Waals surface area contributed by atoms with Gasteiger partial charge >= 0.3 is 0 Å². The van der Waals surface area contributed by atoms with E-state index in [2.05, 4.69) is 141 Å². The topological polar surface area (TPSA) is 47.9 Å². The van der Waals surface area contributed by atoms with E-state index in [-0.39, 0.29) is 0 Å². The third-order valence-electron chi connectivity index (χ3n) is 14.4. The fourth-order valence-corrected chi connectivity index (χ4v) is 10.5. The fraction of sp³-hybridized carbons (Fsp3) is 0.619. The Hall–Kier alpha value is -3.92. The van der Waals surface area contributed by atoms with E-state index in [1.165, 1.54) is 22.3 Å². The number of benzene rings is 4. The first-order valence-corrected chi connectivity index (χ1v) is 27.9. The van der Waals surface area contributed by atoms with E-state index in [1.54, 1.807) is 0 Å². The van der Waals surface area contributed by atoms with Crippen LogP contribution in [-0.4, -0.2) is 5.11 Å². The highest BCUT2D eigenvalue weighted by Gasteiger charge is 2.50. The van der Waals surface area contributed by atoms with Crippen molar-refractivity contribution in [3.8, 4) is 23.0 Å². The summed E-state index contributed by atoms with van der Waals surface area (Å²) in [7, 11) is 0. The summed E-state index contributed by atoms with van der Waals surface area (Å²) in [5.41, 5.74) is 4.73. The minimum atomic E-state index is -0.835. The SMILES string of the molecule is CCCCc1ccccc1OC(CCCC)(CCCC)c1ccc(O)c(C(CCCC)(CCCC)Oc2ccccc2CCCC)c1C(CCCC)(CCCC)Oc1ccccc1CCCC. The molecule has 0 fully saturated rings. The first-order chi connectivity index (χ1) is 32.7. The Bertz CT molecular complexity index is 1940. The second-order valence-corrected chi connectivity index (χ2v) is 19.9. The average Bonchev–Trinajstić information content (AvgIpc) is 3.35. The second kappa shape index (κ2) is 29.9. The summed E-state index contributed by atoms with van der Waals surface area (Å²) in [6.07, 6.45) is 26.7. The minimum Gasteiger partial charge on any atom is -0.508 e. The Morgan fingerprint density at radius 1 is 0.328 bits per heavy atom. The number of phenolic OH excluding ortho intramolecular Hbond substituents is 1. The molecule has 0 aliphatic carbocycles. The molecule has 0 bridgehead atoms. The van der Waals surface area contributed by atoms with Crippen molar-refractivity contribution >= 4 is 0 Å². The molecule has 4 aromatic rings. The summed E-state index contributed by atoms with van der Waals surface area (Å²) in [4.78, 5) is 0. The second-order valence-electron chi connectivity index (χ2n) is 19.9. The molecule has 1 N–H and O–H groups in total. The van der Waals surface area contributed by atoms with Gasteiger partial charge in [0.1, 0.15) is 39.8 Å². The van der Waals surface area contributed by atoms with E-state index in [9.17, 15) is 5.11 Å². The van der Waals surface area contributed by atoms with E-state index < -0.39 is 16.8 Å². The van der Waals surface area contributed by atoms with Crippen LogP contribution in [-0.2, 0) is 36.1 Å². The average molecular weight is 917 g/mol. The molecule has 0 heterocycles. The molecule has 0 aliphatic heterocycles. The Morgan fingerprint density at radius 3 is 0.940 bits per heavy atom. The number of unbranched alkanes of at least 4 members (excludes halogenated alkanes) is 9. The Morgan fingerprint density at radius 2 is 0.612 bits per heavy atom. The summed E-state index contributed by atoms with van der Waals surface area (Å²) in [6.45, 7) is 20.7. The van der Waals surface area contributed by atoms with Gasteiger partial charge in [0.25, 0.3) is 0 Å². The molecule has 4 heteroatoms. The van der Waals surface area contributed by atoms with Gasteiger partial charge in [-0.25, -0.2) is 0 Å². The molecule has 0 unspecified atom stereocenters. The van der Waals surface area contributed by atoms with Crippen molar-refractivity contribution in [2.24, 2.45) is 0 Å². The molecule has 4 nitrogen and oxygen atoms in total. The van der Waals surface area contributed by atoms with Crippen molar-refractivity contribution in [1.82, 2.24) is 0 Å². The van der Waals surface area contributed by atoms with Crippen LogP contribution in [0, 0.1) is 0 Å². The molecule has 0 saturated carbocycles. The lowest BCUT2D eigenvalue weighted by atomic mass is 9.68. The van der Waals surface area contributed by atoms with Gasteiger partial charge in [0, 0.05) is 16.7 Å². The predicted octanol–water partition coefficient (Wildman–Crippen LogP) is 19.4. The van der Waals surface area contributed by atoms with Gasteiger partial charge in [-0.3, -0.25) is 0 Å². The molecule has 0 radical (unpaired) electrons. The number of para-hydroxylation sites is 3. The lowest BCUT2D eigenvalue weighted by molar-refractivity contribution is 0.00221. The Balaban J connectivity index is 2.35. The standard InChI is InChI=1S/C63H96O4/c1-10-19-34-51-37-28-31-40-56(51)65-61(45-22-13-4,46-23-14-5)54-43-44-55(64)60(63(49-26-17-8,50-27-18-9)67-58-42-33-30-39-53(58)36-21-12-3)59(54)62(47-24-15-6,48-25-16-7)66-57-41-32-29-38-52(57)35-20-11-2/h28-33,37-44,64H,10-27,34-36,45-50H2,1-9H3. The number of aryl methyl sites for hydroxylation is 3. The maximum Gasteiger partial charge on any atom is 0.138 e. The van der Waals surface area contributed by atoms with Crippen LogP contribution in [0.5, 0.6) is 23.0 Å². The molecule has 0 atom stereocenters. The first kappa shape index (κ1) is 55.7. The number of ether oxygens (including phenoxy) is 3. The minimum absolute atomic E-state index is 0.320. The largest absolute Gasteiger partial charge is 0.508 e. The Kier molecular flexibility index (Phi) is 24.8. The van der Waals surface area contributed by atoms with E-state index in [4.69, 9.17) is 14.2 Å². The van der Waals surface area contributed by atoms with Crippen LogP contribution in [0.3, 0.4) is 0 Å². The Labute approximate surface area is 411 Å². The highest BCUT2D eigenvalue weighted by molar-refractivity contribution is 5.55. The predicted molar refractivity (Wildman–Crippen MR) is 287 cm³/mol. The molecule has 0 saturated heterocycles. The van der Waals surface area contributed by atoms with Crippen molar-refractivity contribution in [3.63, 3.8) is 0 Å². The molecule has 0 aliphatic rings. The van der Waals surface area contributed by atoms with E-state index >= 15 is 0 Å². The van der Waals surface area contributed by atoms with Crippen molar-refractivity contribution in [2.75, 3.05) is 0 Å². The van der Waals surface area contributed by atoms with E-state index in [0.717, 1.165) is 202 Å².